The quantitative estimate of drug-likeness (QED) is 0.698. The third-order valence-electron chi connectivity index (χ3n) is 3.43. The summed E-state index contributed by atoms with van der Waals surface area (Å²) in [6, 6.07) is 0. The van der Waals surface area contributed by atoms with Crippen molar-refractivity contribution >= 4 is 10.2 Å². The molecule has 0 heterocycles. The fourth-order valence-electron chi connectivity index (χ4n) is 2.41. The van der Waals surface area contributed by atoms with Crippen molar-refractivity contribution < 1.29 is 13.5 Å². The molecule has 0 aromatic carbocycles. The van der Waals surface area contributed by atoms with Crippen LogP contribution < -0.4 is 4.72 Å². The highest BCUT2D eigenvalue weighted by Crippen LogP contribution is 2.24. The summed E-state index contributed by atoms with van der Waals surface area (Å²) in [5.41, 5.74) is 0. The standard InChI is InChI=1S/C12H26N2O3S/c1-3-8-14(9-4-2)18(16,17)13-10-11-6-5-7-12(11)15/h11-13,15H,3-10H2,1-2H3. The van der Waals surface area contributed by atoms with E-state index in [1.54, 1.807) is 0 Å². The van der Waals surface area contributed by atoms with Gasteiger partial charge in [-0.1, -0.05) is 20.3 Å². The van der Waals surface area contributed by atoms with Gasteiger partial charge >= 0.3 is 0 Å². The molecular formula is C12H26N2O3S. The highest BCUT2D eigenvalue weighted by Gasteiger charge is 2.28. The van der Waals surface area contributed by atoms with Gasteiger partial charge in [-0.3, -0.25) is 0 Å². The average Bonchev–Trinajstić information content (AvgIpc) is 2.72. The number of hydrogen-bond donors (Lipinski definition) is 2. The first-order chi connectivity index (χ1) is 8.51. The van der Waals surface area contributed by atoms with Crippen molar-refractivity contribution in [2.24, 2.45) is 5.92 Å². The average molecular weight is 278 g/mol. The molecule has 0 spiro atoms. The van der Waals surface area contributed by atoms with Crippen molar-refractivity contribution in [1.82, 2.24) is 9.03 Å². The van der Waals surface area contributed by atoms with Crippen LogP contribution in [0.1, 0.15) is 46.0 Å². The van der Waals surface area contributed by atoms with E-state index in [1.807, 2.05) is 13.8 Å². The fourth-order valence-corrected chi connectivity index (χ4v) is 3.86. The maximum absolute atomic E-state index is 12.1. The SMILES string of the molecule is CCCN(CCC)S(=O)(=O)NCC1CCCC1O. The van der Waals surface area contributed by atoms with Gasteiger partial charge in [-0.25, -0.2) is 4.72 Å². The van der Waals surface area contributed by atoms with Gasteiger partial charge in [0.1, 0.15) is 0 Å². The van der Waals surface area contributed by atoms with Gasteiger partial charge in [-0.05, 0) is 31.6 Å². The van der Waals surface area contributed by atoms with Crippen LogP contribution in [-0.2, 0) is 10.2 Å². The van der Waals surface area contributed by atoms with E-state index in [2.05, 4.69) is 4.72 Å². The highest BCUT2D eigenvalue weighted by molar-refractivity contribution is 7.87. The molecule has 0 saturated heterocycles. The third-order valence-corrected chi connectivity index (χ3v) is 5.01. The molecule has 5 nitrogen and oxygen atoms in total. The van der Waals surface area contributed by atoms with E-state index in [4.69, 9.17) is 0 Å². The Morgan fingerprint density at radius 3 is 2.28 bits per heavy atom. The van der Waals surface area contributed by atoms with E-state index in [1.165, 1.54) is 4.31 Å². The van der Waals surface area contributed by atoms with E-state index >= 15 is 0 Å². The summed E-state index contributed by atoms with van der Waals surface area (Å²) in [7, 11) is -3.39. The molecule has 108 valence electrons. The van der Waals surface area contributed by atoms with Crippen LogP contribution in [0.4, 0.5) is 0 Å². The summed E-state index contributed by atoms with van der Waals surface area (Å²) >= 11 is 0. The van der Waals surface area contributed by atoms with Crippen LogP contribution in [0.2, 0.25) is 0 Å². The molecule has 0 aromatic heterocycles. The van der Waals surface area contributed by atoms with Gasteiger partial charge in [0.15, 0.2) is 0 Å². The van der Waals surface area contributed by atoms with Crippen LogP contribution in [-0.4, -0.2) is 43.6 Å². The Labute approximate surface area is 111 Å². The summed E-state index contributed by atoms with van der Waals surface area (Å²) in [6.07, 6.45) is 3.96. The number of aliphatic hydroxyl groups excluding tert-OH is 1. The number of hydrogen-bond acceptors (Lipinski definition) is 3. The molecule has 2 N–H and O–H groups in total. The van der Waals surface area contributed by atoms with Gasteiger partial charge in [0.05, 0.1) is 6.10 Å². The van der Waals surface area contributed by atoms with Crippen molar-refractivity contribution in [1.29, 1.82) is 0 Å². The van der Waals surface area contributed by atoms with Gasteiger partial charge in [0.2, 0.25) is 0 Å². The second-order valence-electron chi connectivity index (χ2n) is 5.01. The molecule has 1 aliphatic rings. The third kappa shape index (κ3) is 4.50. The molecule has 18 heavy (non-hydrogen) atoms. The summed E-state index contributed by atoms with van der Waals surface area (Å²) in [5, 5.41) is 9.68. The molecule has 1 fully saturated rings. The molecule has 2 atom stereocenters. The van der Waals surface area contributed by atoms with Gasteiger partial charge < -0.3 is 5.11 Å². The molecule has 0 aliphatic heterocycles. The number of rotatable bonds is 8. The van der Waals surface area contributed by atoms with Crippen LogP contribution in [0.3, 0.4) is 0 Å². The Kier molecular flexibility index (Phi) is 6.55. The smallest absolute Gasteiger partial charge is 0.279 e. The Balaban J connectivity index is 2.50. The molecule has 0 bridgehead atoms. The monoisotopic (exact) mass is 278 g/mol. The second-order valence-corrected chi connectivity index (χ2v) is 6.77. The first kappa shape index (κ1) is 15.9. The summed E-state index contributed by atoms with van der Waals surface area (Å²) in [5.74, 6) is 0.0740. The van der Waals surface area contributed by atoms with E-state index in [9.17, 15) is 13.5 Å². The molecular weight excluding hydrogens is 252 g/mol. The minimum atomic E-state index is -3.39. The van der Waals surface area contributed by atoms with E-state index in [-0.39, 0.29) is 12.0 Å². The molecule has 1 rings (SSSR count). The topological polar surface area (TPSA) is 69.6 Å². The molecule has 0 aromatic rings. The Bertz CT molecular complexity index is 326. The predicted octanol–water partition coefficient (Wildman–Crippen LogP) is 1.10. The molecule has 2 unspecified atom stereocenters. The summed E-state index contributed by atoms with van der Waals surface area (Å²) in [6.45, 7) is 5.40. The van der Waals surface area contributed by atoms with E-state index < -0.39 is 10.2 Å². The van der Waals surface area contributed by atoms with Crippen molar-refractivity contribution in [3.8, 4) is 0 Å². The molecule has 0 amide bonds. The van der Waals surface area contributed by atoms with E-state index in [0.29, 0.717) is 19.6 Å². The lowest BCUT2D eigenvalue weighted by Gasteiger charge is -2.23. The lowest BCUT2D eigenvalue weighted by atomic mass is 10.1. The minimum absolute atomic E-state index is 0.0740. The molecule has 1 aliphatic carbocycles. The number of nitrogens with zero attached hydrogens (tertiary/aromatic N) is 1. The second kappa shape index (κ2) is 7.43. The zero-order valence-electron chi connectivity index (χ0n) is 11.4. The Morgan fingerprint density at radius 1 is 1.22 bits per heavy atom. The molecule has 1 saturated carbocycles. The van der Waals surface area contributed by atoms with Gasteiger partial charge in [0.25, 0.3) is 10.2 Å². The zero-order valence-corrected chi connectivity index (χ0v) is 12.2. The normalized spacial score (nSPS) is 24.9. The molecule has 0 radical (unpaired) electrons. The minimum Gasteiger partial charge on any atom is -0.393 e. The lowest BCUT2D eigenvalue weighted by molar-refractivity contribution is 0.134. The maximum Gasteiger partial charge on any atom is 0.279 e. The van der Waals surface area contributed by atoms with Gasteiger partial charge in [-0.2, -0.15) is 12.7 Å². The summed E-state index contributed by atoms with van der Waals surface area (Å²) < 4.78 is 28.3. The van der Waals surface area contributed by atoms with Crippen LogP contribution in [0.5, 0.6) is 0 Å². The van der Waals surface area contributed by atoms with Crippen molar-refractivity contribution in [2.75, 3.05) is 19.6 Å². The van der Waals surface area contributed by atoms with Crippen LogP contribution >= 0.6 is 0 Å². The zero-order chi connectivity index (χ0) is 13.6. The van der Waals surface area contributed by atoms with Crippen LogP contribution in [0.15, 0.2) is 0 Å². The number of nitrogens with one attached hydrogen (secondary N) is 1. The fraction of sp³-hybridized carbons (Fsp3) is 1.00. The Hall–Kier alpha value is -0.170. The van der Waals surface area contributed by atoms with Gasteiger partial charge in [0, 0.05) is 19.6 Å². The lowest BCUT2D eigenvalue weighted by Crippen LogP contribution is -2.44. The molecule has 6 heteroatoms. The van der Waals surface area contributed by atoms with Crippen molar-refractivity contribution in [3.63, 3.8) is 0 Å². The first-order valence-electron chi connectivity index (χ1n) is 6.94. The number of aliphatic hydroxyl groups is 1. The first-order valence-corrected chi connectivity index (χ1v) is 8.38. The summed E-state index contributed by atoms with van der Waals surface area (Å²) in [4.78, 5) is 0. The van der Waals surface area contributed by atoms with Crippen molar-refractivity contribution in [2.45, 2.75) is 52.1 Å². The Morgan fingerprint density at radius 2 is 1.83 bits per heavy atom. The van der Waals surface area contributed by atoms with Gasteiger partial charge in [-0.15, -0.1) is 0 Å². The largest absolute Gasteiger partial charge is 0.393 e. The highest BCUT2D eigenvalue weighted by atomic mass is 32.2. The van der Waals surface area contributed by atoms with E-state index in [0.717, 1.165) is 32.1 Å². The van der Waals surface area contributed by atoms with Crippen LogP contribution in [0, 0.1) is 5.92 Å². The van der Waals surface area contributed by atoms with Crippen LogP contribution in [0.25, 0.3) is 0 Å². The van der Waals surface area contributed by atoms with Crippen molar-refractivity contribution in [3.05, 3.63) is 0 Å². The predicted molar refractivity (Wildman–Crippen MR) is 72.4 cm³/mol. The maximum atomic E-state index is 12.1.